The molecule has 1 fully saturated rings. The molecular formula is C11H16O2. The second-order valence-electron chi connectivity index (χ2n) is 4.55. The molecule has 2 aliphatic rings. The normalized spacial score (nSPS) is 37.2. The highest BCUT2D eigenvalue weighted by Gasteiger charge is 2.53. The van der Waals surface area contributed by atoms with E-state index in [4.69, 9.17) is 4.74 Å². The maximum atomic E-state index is 11.8. The molecule has 0 aromatic heterocycles. The molecule has 2 heteroatoms. The van der Waals surface area contributed by atoms with Gasteiger partial charge in [-0.05, 0) is 25.3 Å². The van der Waals surface area contributed by atoms with Gasteiger partial charge in [-0.25, -0.2) is 0 Å². The quantitative estimate of drug-likeness (QED) is 0.570. The van der Waals surface area contributed by atoms with Gasteiger partial charge in [-0.3, -0.25) is 4.79 Å². The molecule has 0 amide bonds. The van der Waals surface area contributed by atoms with E-state index in [1.165, 1.54) is 0 Å². The first-order chi connectivity index (χ1) is 6.08. The Hall–Kier alpha value is -0.630. The Morgan fingerprint density at radius 2 is 2.15 bits per heavy atom. The van der Waals surface area contributed by atoms with Crippen LogP contribution in [0.2, 0.25) is 0 Å². The molecule has 1 aliphatic carbocycles. The van der Waals surface area contributed by atoms with Gasteiger partial charge >= 0.3 is 0 Å². The highest BCUT2D eigenvalue weighted by atomic mass is 16.5. The van der Waals surface area contributed by atoms with Crippen molar-refractivity contribution < 1.29 is 9.53 Å². The van der Waals surface area contributed by atoms with Crippen molar-refractivity contribution in [3.63, 3.8) is 0 Å². The zero-order chi connectivity index (χ0) is 9.53. The molecule has 1 spiro atoms. The first-order valence-corrected chi connectivity index (χ1v) is 4.96. The number of carbonyl (C=O) groups excluding carboxylic acids is 1. The van der Waals surface area contributed by atoms with Crippen LogP contribution < -0.4 is 0 Å². The Bertz CT molecular complexity index is 257. The monoisotopic (exact) mass is 180 g/mol. The van der Waals surface area contributed by atoms with Crippen LogP contribution in [0.5, 0.6) is 0 Å². The summed E-state index contributed by atoms with van der Waals surface area (Å²) < 4.78 is 5.74. The SMILES string of the molecule is CC1(C)C=CC(=O)C12CCCCO2. The van der Waals surface area contributed by atoms with Crippen LogP contribution in [0.1, 0.15) is 33.1 Å². The molecule has 1 saturated heterocycles. The van der Waals surface area contributed by atoms with Crippen LogP contribution in [0.25, 0.3) is 0 Å². The minimum absolute atomic E-state index is 0.121. The number of rotatable bonds is 0. The maximum absolute atomic E-state index is 11.8. The molecule has 1 aliphatic heterocycles. The molecule has 2 rings (SSSR count). The lowest BCUT2D eigenvalue weighted by molar-refractivity contribution is -0.159. The predicted molar refractivity (Wildman–Crippen MR) is 50.5 cm³/mol. The van der Waals surface area contributed by atoms with Gasteiger partial charge in [0.25, 0.3) is 0 Å². The third-order valence-electron chi connectivity index (χ3n) is 3.36. The summed E-state index contributed by atoms with van der Waals surface area (Å²) in [6.45, 7) is 4.90. The summed E-state index contributed by atoms with van der Waals surface area (Å²) in [4.78, 5) is 11.8. The lowest BCUT2D eigenvalue weighted by Crippen LogP contribution is -2.50. The number of ether oxygens (including phenoxy) is 1. The molecule has 0 N–H and O–H groups in total. The van der Waals surface area contributed by atoms with Gasteiger partial charge in [0.05, 0.1) is 0 Å². The Morgan fingerprint density at radius 1 is 1.38 bits per heavy atom. The first-order valence-electron chi connectivity index (χ1n) is 4.96. The van der Waals surface area contributed by atoms with E-state index in [0.29, 0.717) is 0 Å². The average molecular weight is 180 g/mol. The van der Waals surface area contributed by atoms with Crippen molar-refractivity contribution in [2.45, 2.75) is 38.7 Å². The van der Waals surface area contributed by atoms with Crippen LogP contribution >= 0.6 is 0 Å². The van der Waals surface area contributed by atoms with E-state index in [-0.39, 0.29) is 11.2 Å². The number of hydrogen-bond donors (Lipinski definition) is 0. The zero-order valence-corrected chi connectivity index (χ0v) is 8.30. The topological polar surface area (TPSA) is 26.3 Å². The van der Waals surface area contributed by atoms with Gasteiger partial charge in [-0.1, -0.05) is 19.9 Å². The fourth-order valence-corrected chi connectivity index (χ4v) is 2.37. The van der Waals surface area contributed by atoms with Crippen molar-refractivity contribution in [1.82, 2.24) is 0 Å². The summed E-state index contributed by atoms with van der Waals surface area (Å²) in [7, 11) is 0. The molecule has 0 aromatic rings. The highest BCUT2D eigenvalue weighted by Crippen LogP contribution is 2.46. The third kappa shape index (κ3) is 1.08. The van der Waals surface area contributed by atoms with Crippen LogP contribution in [0.15, 0.2) is 12.2 Å². The number of carbonyl (C=O) groups is 1. The van der Waals surface area contributed by atoms with Crippen LogP contribution in [-0.2, 0) is 9.53 Å². The fourth-order valence-electron chi connectivity index (χ4n) is 2.37. The highest BCUT2D eigenvalue weighted by molar-refractivity contribution is 6.01. The van der Waals surface area contributed by atoms with Crippen molar-refractivity contribution in [3.8, 4) is 0 Å². The minimum atomic E-state index is -0.523. The lowest BCUT2D eigenvalue weighted by Gasteiger charge is -2.42. The van der Waals surface area contributed by atoms with Crippen LogP contribution in [0.3, 0.4) is 0 Å². The molecule has 72 valence electrons. The molecular weight excluding hydrogens is 164 g/mol. The van der Waals surface area contributed by atoms with Crippen molar-refractivity contribution in [2.75, 3.05) is 6.61 Å². The summed E-state index contributed by atoms with van der Waals surface area (Å²) >= 11 is 0. The van der Waals surface area contributed by atoms with Crippen LogP contribution in [0.4, 0.5) is 0 Å². The maximum Gasteiger partial charge on any atom is 0.188 e. The van der Waals surface area contributed by atoms with E-state index in [1.54, 1.807) is 6.08 Å². The van der Waals surface area contributed by atoms with E-state index in [0.717, 1.165) is 25.9 Å². The number of ketones is 1. The van der Waals surface area contributed by atoms with Gasteiger partial charge in [-0.2, -0.15) is 0 Å². The molecule has 1 unspecified atom stereocenters. The van der Waals surface area contributed by atoms with Crippen molar-refractivity contribution in [2.24, 2.45) is 5.41 Å². The molecule has 1 atom stereocenters. The van der Waals surface area contributed by atoms with Gasteiger partial charge in [0.15, 0.2) is 5.78 Å². The molecule has 1 heterocycles. The summed E-state index contributed by atoms with van der Waals surface area (Å²) in [5.74, 6) is 0.164. The molecule has 0 saturated carbocycles. The molecule has 2 nitrogen and oxygen atoms in total. The Kier molecular flexibility index (Phi) is 1.84. The molecule has 0 aromatic carbocycles. The van der Waals surface area contributed by atoms with E-state index < -0.39 is 5.60 Å². The summed E-state index contributed by atoms with van der Waals surface area (Å²) in [5, 5.41) is 0. The summed E-state index contributed by atoms with van der Waals surface area (Å²) in [5.41, 5.74) is -0.643. The Balaban J connectivity index is 2.33. The largest absolute Gasteiger partial charge is 0.366 e. The first kappa shape index (κ1) is 8.95. The van der Waals surface area contributed by atoms with Crippen molar-refractivity contribution >= 4 is 5.78 Å². The lowest BCUT2D eigenvalue weighted by atomic mass is 9.73. The van der Waals surface area contributed by atoms with E-state index in [2.05, 4.69) is 13.8 Å². The van der Waals surface area contributed by atoms with Crippen LogP contribution in [-0.4, -0.2) is 18.0 Å². The third-order valence-corrected chi connectivity index (χ3v) is 3.36. The number of hydrogen-bond acceptors (Lipinski definition) is 2. The van der Waals surface area contributed by atoms with Gasteiger partial charge in [0, 0.05) is 12.0 Å². The van der Waals surface area contributed by atoms with E-state index >= 15 is 0 Å². The fraction of sp³-hybridized carbons (Fsp3) is 0.727. The summed E-state index contributed by atoms with van der Waals surface area (Å²) in [6, 6.07) is 0. The molecule has 0 radical (unpaired) electrons. The summed E-state index contributed by atoms with van der Waals surface area (Å²) in [6.07, 6.45) is 6.75. The smallest absolute Gasteiger partial charge is 0.188 e. The second-order valence-corrected chi connectivity index (χ2v) is 4.55. The van der Waals surface area contributed by atoms with E-state index in [9.17, 15) is 4.79 Å². The van der Waals surface area contributed by atoms with Gasteiger partial charge < -0.3 is 4.74 Å². The average Bonchev–Trinajstić information content (AvgIpc) is 2.33. The Morgan fingerprint density at radius 3 is 2.62 bits per heavy atom. The van der Waals surface area contributed by atoms with Crippen molar-refractivity contribution in [1.29, 1.82) is 0 Å². The Labute approximate surface area is 79.0 Å². The molecule has 13 heavy (non-hydrogen) atoms. The van der Waals surface area contributed by atoms with Gasteiger partial charge in [-0.15, -0.1) is 0 Å². The van der Waals surface area contributed by atoms with Gasteiger partial charge in [0.2, 0.25) is 0 Å². The predicted octanol–water partition coefficient (Wildman–Crippen LogP) is 2.09. The standard InChI is InChI=1S/C11H16O2/c1-10(2)7-5-9(12)11(10)6-3-4-8-13-11/h5,7H,3-4,6,8H2,1-2H3. The minimum Gasteiger partial charge on any atom is -0.366 e. The van der Waals surface area contributed by atoms with Crippen molar-refractivity contribution in [3.05, 3.63) is 12.2 Å². The zero-order valence-electron chi connectivity index (χ0n) is 8.30. The second kappa shape index (κ2) is 2.68. The van der Waals surface area contributed by atoms with Gasteiger partial charge in [0.1, 0.15) is 5.60 Å². The van der Waals surface area contributed by atoms with E-state index in [1.807, 2.05) is 6.08 Å². The van der Waals surface area contributed by atoms with Crippen LogP contribution in [0, 0.1) is 5.41 Å². The molecule has 0 bridgehead atoms.